The molecule has 4 saturated carbocycles. The Morgan fingerprint density at radius 2 is 1.76 bits per heavy atom. The van der Waals surface area contributed by atoms with E-state index in [-0.39, 0.29) is 12.2 Å². The molecular formula is C19H32O2. The van der Waals surface area contributed by atoms with Crippen molar-refractivity contribution in [2.24, 2.45) is 35.0 Å². The van der Waals surface area contributed by atoms with Gasteiger partial charge in [-0.05, 0) is 86.4 Å². The van der Waals surface area contributed by atoms with Crippen LogP contribution in [0.1, 0.15) is 64.7 Å². The molecule has 3 unspecified atom stereocenters. The molecule has 0 aromatic rings. The van der Waals surface area contributed by atoms with Gasteiger partial charge in [0.1, 0.15) is 0 Å². The van der Waals surface area contributed by atoms with Crippen LogP contribution in [0.5, 0.6) is 0 Å². The molecule has 120 valence electrons. The average Bonchev–Trinajstić information content (AvgIpc) is 2.89. The van der Waals surface area contributed by atoms with Gasteiger partial charge in [0.05, 0.1) is 12.2 Å². The number of fused-ring (bicyclic) bond motifs is 5. The van der Waals surface area contributed by atoms with Crippen molar-refractivity contribution in [1.29, 1.82) is 0 Å². The molecular weight excluding hydrogens is 260 g/mol. The smallest absolute Gasteiger partial charge is 0.0835 e. The monoisotopic (exact) mass is 292 g/mol. The Bertz CT molecular complexity index is 395. The average molecular weight is 292 g/mol. The highest BCUT2D eigenvalue weighted by Crippen LogP contribution is 2.62. The first-order valence-corrected chi connectivity index (χ1v) is 9.35. The second-order valence-corrected chi connectivity index (χ2v) is 8.78. The minimum atomic E-state index is -0.202. The van der Waals surface area contributed by atoms with E-state index in [0.29, 0.717) is 11.3 Å². The van der Waals surface area contributed by atoms with Gasteiger partial charge in [-0.1, -0.05) is 13.3 Å². The summed E-state index contributed by atoms with van der Waals surface area (Å²) in [6.45, 7) is 2.56. The number of hydrogen-bond donors (Lipinski definition) is 1. The van der Waals surface area contributed by atoms with Gasteiger partial charge in [-0.25, -0.2) is 0 Å². The Kier molecular flexibility index (Phi) is 3.61. The maximum absolute atomic E-state index is 10.9. The minimum absolute atomic E-state index is 0.0990. The molecule has 0 aromatic heterocycles. The molecule has 0 heterocycles. The van der Waals surface area contributed by atoms with E-state index in [0.717, 1.165) is 30.1 Å². The van der Waals surface area contributed by atoms with Crippen LogP contribution < -0.4 is 0 Å². The lowest BCUT2D eigenvalue weighted by Crippen LogP contribution is -2.54. The van der Waals surface area contributed by atoms with E-state index >= 15 is 0 Å². The van der Waals surface area contributed by atoms with Gasteiger partial charge in [-0.3, -0.25) is 0 Å². The van der Waals surface area contributed by atoms with Gasteiger partial charge >= 0.3 is 0 Å². The molecule has 0 aromatic carbocycles. The zero-order chi connectivity index (χ0) is 14.6. The van der Waals surface area contributed by atoms with Crippen molar-refractivity contribution >= 4 is 0 Å². The number of aliphatic hydroxyl groups is 1. The summed E-state index contributed by atoms with van der Waals surface area (Å²) >= 11 is 0. The largest absolute Gasteiger partial charge is 0.390 e. The predicted molar refractivity (Wildman–Crippen MR) is 83.9 cm³/mol. The number of aliphatic hydroxyl groups excluding tert-OH is 1. The Balaban J connectivity index is 1.59. The predicted octanol–water partition coefficient (Wildman–Crippen LogP) is 4.01. The fraction of sp³-hybridized carbons (Fsp3) is 1.00. The van der Waals surface area contributed by atoms with Crippen LogP contribution in [-0.4, -0.2) is 24.4 Å². The van der Waals surface area contributed by atoms with Crippen LogP contribution >= 0.6 is 0 Å². The van der Waals surface area contributed by atoms with E-state index in [9.17, 15) is 5.11 Å². The third-order valence-electron chi connectivity index (χ3n) is 8.08. The van der Waals surface area contributed by atoms with Gasteiger partial charge in [0.15, 0.2) is 0 Å². The molecule has 2 heteroatoms. The zero-order valence-electron chi connectivity index (χ0n) is 13.8. The summed E-state index contributed by atoms with van der Waals surface area (Å²) in [6.07, 6.45) is 12.2. The highest BCUT2D eigenvalue weighted by atomic mass is 16.5. The van der Waals surface area contributed by atoms with Crippen LogP contribution in [-0.2, 0) is 4.74 Å². The minimum Gasteiger partial charge on any atom is -0.390 e. The van der Waals surface area contributed by atoms with Crippen LogP contribution in [0.2, 0.25) is 0 Å². The van der Waals surface area contributed by atoms with Gasteiger partial charge < -0.3 is 9.84 Å². The maximum Gasteiger partial charge on any atom is 0.0835 e. The van der Waals surface area contributed by atoms with Crippen LogP contribution in [0, 0.1) is 35.0 Å². The lowest BCUT2D eigenvalue weighted by atomic mass is 9.50. The Morgan fingerprint density at radius 1 is 0.952 bits per heavy atom. The summed E-state index contributed by atoms with van der Waals surface area (Å²) in [5.74, 6) is 3.95. The quantitative estimate of drug-likeness (QED) is 0.791. The van der Waals surface area contributed by atoms with Crippen LogP contribution in [0.15, 0.2) is 0 Å². The molecule has 0 spiro atoms. The molecule has 8 atom stereocenters. The molecule has 0 aliphatic heterocycles. The third kappa shape index (κ3) is 2.12. The lowest BCUT2D eigenvalue weighted by molar-refractivity contribution is -0.146. The first-order valence-electron chi connectivity index (χ1n) is 9.35. The molecule has 1 N–H and O–H groups in total. The molecule has 4 rings (SSSR count). The lowest BCUT2D eigenvalue weighted by Gasteiger charge is -2.56. The standard InChI is InChI=1S/C19H32O2/c1-19-10-3-4-15(19)13-7-5-12-6-8-16(21-2)18(20)17(12)14(13)9-11-19/h12-18,20H,3-11H2,1-2H3/t12?,13-,14+,15+,16?,17+,18?,19+/m1/s1. The maximum atomic E-state index is 10.9. The number of rotatable bonds is 1. The second-order valence-electron chi connectivity index (χ2n) is 8.78. The molecule has 0 amide bonds. The summed E-state index contributed by atoms with van der Waals surface area (Å²) in [5.41, 5.74) is 0.633. The van der Waals surface area contributed by atoms with Gasteiger partial charge in [-0.15, -0.1) is 0 Å². The van der Waals surface area contributed by atoms with E-state index in [4.69, 9.17) is 4.74 Å². The Morgan fingerprint density at radius 3 is 2.57 bits per heavy atom. The number of methoxy groups -OCH3 is 1. The van der Waals surface area contributed by atoms with E-state index in [1.807, 2.05) is 0 Å². The Labute approximate surface area is 129 Å². The van der Waals surface area contributed by atoms with Gasteiger partial charge in [0, 0.05) is 7.11 Å². The Hall–Kier alpha value is -0.0800. The van der Waals surface area contributed by atoms with Crippen molar-refractivity contribution in [2.45, 2.75) is 76.9 Å². The summed E-state index contributed by atoms with van der Waals surface area (Å²) in [5, 5.41) is 10.9. The third-order valence-corrected chi connectivity index (χ3v) is 8.08. The summed E-state index contributed by atoms with van der Waals surface area (Å²) < 4.78 is 5.59. The van der Waals surface area contributed by atoms with Crippen molar-refractivity contribution in [3.63, 3.8) is 0 Å². The van der Waals surface area contributed by atoms with Crippen molar-refractivity contribution in [3.8, 4) is 0 Å². The van der Waals surface area contributed by atoms with E-state index in [2.05, 4.69) is 6.92 Å². The summed E-state index contributed by atoms with van der Waals surface area (Å²) in [4.78, 5) is 0. The topological polar surface area (TPSA) is 29.5 Å². The van der Waals surface area contributed by atoms with Gasteiger partial charge in [0.2, 0.25) is 0 Å². The molecule has 0 saturated heterocycles. The molecule has 0 bridgehead atoms. The van der Waals surface area contributed by atoms with Crippen molar-refractivity contribution < 1.29 is 9.84 Å². The first-order chi connectivity index (χ1) is 10.1. The van der Waals surface area contributed by atoms with Crippen LogP contribution in [0.25, 0.3) is 0 Å². The van der Waals surface area contributed by atoms with E-state index in [1.165, 1.54) is 51.4 Å². The number of ether oxygens (including phenoxy) is 1. The van der Waals surface area contributed by atoms with E-state index in [1.54, 1.807) is 7.11 Å². The molecule has 4 aliphatic carbocycles. The normalized spacial score (nSPS) is 56.4. The van der Waals surface area contributed by atoms with Crippen molar-refractivity contribution in [1.82, 2.24) is 0 Å². The molecule has 4 aliphatic rings. The van der Waals surface area contributed by atoms with Crippen LogP contribution in [0.4, 0.5) is 0 Å². The summed E-state index contributed by atoms with van der Waals surface area (Å²) in [6, 6.07) is 0. The second kappa shape index (κ2) is 5.23. The van der Waals surface area contributed by atoms with Crippen LogP contribution in [0.3, 0.4) is 0 Å². The summed E-state index contributed by atoms with van der Waals surface area (Å²) in [7, 11) is 1.78. The fourth-order valence-corrected chi connectivity index (χ4v) is 7.07. The molecule has 4 fully saturated rings. The molecule has 21 heavy (non-hydrogen) atoms. The highest BCUT2D eigenvalue weighted by Gasteiger charge is 2.55. The molecule has 2 nitrogen and oxygen atoms in total. The first kappa shape index (κ1) is 14.5. The zero-order valence-corrected chi connectivity index (χ0v) is 13.8. The molecule has 0 radical (unpaired) electrons. The SMILES string of the molecule is COC1CCC2CC[C@@H]3[C@H](CC[C@]4(C)CCC[C@@H]34)[C@H]2C1O. The van der Waals surface area contributed by atoms with Gasteiger partial charge in [-0.2, -0.15) is 0 Å². The fourth-order valence-electron chi connectivity index (χ4n) is 7.07. The van der Waals surface area contributed by atoms with Crippen molar-refractivity contribution in [2.75, 3.05) is 7.11 Å². The van der Waals surface area contributed by atoms with Gasteiger partial charge in [0.25, 0.3) is 0 Å². The van der Waals surface area contributed by atoms with Crippen molar-refractivity contribution in [3.05, 3.63) is 0 Å². The van der Waals surface area contributed by atoms with E-state index < -0.39 is 0 Å². The number of hydrogen-bond acceptors (Lipinski definition) is 2. The highest BCUT2D eigenvalue weighted by molar-refractivity contribution is 5.05.